The van der Waals surface area contributed by atoms with Crippen molar-refractivity contribution in [2.45, 2.75) is 11.8 Å². The molecule has 0 heterocycles. The van der Waals surface area contributed by atoms with E-state index in [0.29, 0.717) is 22.4 Å². The van der Waals surface area contributed by atoms with Gasteiger partial charge >= 0.3 is 0 Å². The van der Waals surface area contributed by atoms with Crippen LogP contribution in [-0.2, 0) is 0 Å². The van der Waals surface area contributed by atoms with Gasteiger partial charge in [-0.05, 0) is 25.1 Å². The zero-order valence-corrected chi connectivity index (χ0v) is 9.80. The molecule has 1 rings (SSSR count). The Morgan fingerprint density at radius 2 is 2.21 bits per heavy atom. The summed E-state index contributed by atoms with van der Waals surface area (Å²) in [6.45, 7) is 1.71. The summed E-state index contributed by atoms with van der Waals surface area (Å²) in [6, 6.07) is 4.63. The van der Waals surface area contributed by atoms with Gasteiger partial charge in [0.1, 0.15) is 0 Å². The lowest BCUT2D eigenvalue weighted by Gasteiger charge is -2.05. The van der Waals surface area contributed by atoms with Gasteiger partial charge in [-0.25, -0.2) is 0 Å². The minimum Gasteiger partial charge on any atom is -0.298 e. The minimum atomic E-state index is -0.320. The highest BCUT2D eigenvalue weighted by Gasteiger charge is 2.15. The van der Waals surface area contributed by atoms with Crippen LogP contribution >= 0.6 is 27.5 Å². The van der Waals surface area contributed by atoms with Gasteiger partial charge in [-0.3, -0.25) is 9.59 Å². The number of ketones is 1. The molecule has 0 saturated carbocycles. The van der Waals surface area contributed by atoms with E-state index in [1.165, 1.54) is 12.1 Å². The second-order valence-electron chi connectivity index (χ2n) is 2.83. The third-order valence-corrected chi connectivity index (χ3v) is 2.42. The lowest BCUT2D eigenvalue weighted by atomic mass is 10.0. The van der Waals surface area contributed by atoms with Crippen LogP contribution in [-0.4, -0.2) is 16.9 Å². The van der Waals surface area contributed by atoms with Gasteiger partial charge in [0.05, 0.1) is 4.83 Å². The summed E-state index contributed by atoms with van der Waals surface area (Å²) in [5, 5.41) is 0.451. The van der Waals surface area contributed by atoms with Crippen LogP contribution in [0, 0.1) is 0 Å². The maximum absolute atomic E-state index is 11.6. The molecule has 0 aliphatic rings. The number of rotatable bonds is 3. The molecule has 2 nitrogen and oxygen atoms in total. The first-order chi connectivity index (χ1) is 6.56. The minimum absolute atomic E-state index is 0.144. The lowest BCUT2D eigenvalue weighted by Crippen LogP contribution is -2.12. The SMILES string of the molecule is CC(Br)C(=O)c1cc(Cl)ccc1C=O. The molecule has 1 atom stereocenters. The van der Waals surface area contributed by atoms with E-state index < -0.39 is 0 Å². The topological polar surface area (TPSA) is 34.1 Å². The molecule has 0 amide bonds. The van der Waals surface area contributed by atoms with E-state index in [0.717, 1.165) is 0 Å². The predicted molar refractivity (Wildman–Crippen MR) is 59.6 cm³/mol. The van der Waals surface area contributed by atoms with Crippen LogP contribution in [0.1, 0.15) is 27.6 Å². The molecule has 74 valence electrons. The van der Waals surface area contributed by atoms with Crippen LogP contribution < -0.4 is 0 Å². The number of aldehydes is 1. The third kappa shape index (κ3) is 2.42. The van der Waals surface area contributed by atoms with Crippen molar-refractivity contribution >= 4 is 39.6 Å². The predicted octanol–water partition coefficient (Wildman–Crippen LogP) is 3.12. The molecule has 0 aliphatic heterocycles. The molecular formula is C10H8BrClO2. The summed E-state index contributed by atoms with van der Waals surface area (Å²) in [6.07, 6.45) is 0.652. The van der Waals surface area contributed by atoms with Crippen LogP contribution in [0.5, 0.6) is 0 Å². The van der Waals surface area contributed by atoms with Gasteiger partial charge in [-0.1, -0.05) is 27.5 Å². The number of benzene rings is 1. The molecule has 0 aromatic heterocycles. The van der Waals surface area contributed by atoms with Crippen molar-refractivity contribution in [1.82, 2.24) is 0 Å². The first kappa shape index (κ1) is 11.4. The van der Waals surface area contributed by atoms with Crippen LogP contribution in [0.2, 0.25) is 5.02 Å². The molecule has 0 spiro atoms. The molecule has 0 bridgehead atoms. The molecule has 1 unspecified atom stereocenters. The Morgan fingerprint density at radius 3 is 2.71 bits per heavy atom. The smallest absolute Gasteiger partial charge is 0.176 e. The highest BCUT2D eigenvalue weighted by molar-refractivity contribution is 9.10. The van der Waals surface area contributed by atoms with E-state index in [2.05, 4.69) is 15.9 Å². The van der Waals surface area contributed by atoms with E-state index in [-0.39, 0.29) is 10.6 Å². The Hall–Kier alpha value is -0.670. The normalized spacial score (nSPS) is 12.2. The summed E-state index contributed by atoms with van der Waals surface area (Å²) in [5.74, 6) is -0.144. The van der Waals surface area contributed by atoms with Gasteiger partial charge in [0, 0.05) is 16.1 Å². The van der Waals surface area contributed by atoms with Crippen LogP contribution in [0.3, 0.4) is 0 Å². The fourth-order valence-corrected chi connectivity index (χ4v) is 1.48. The van der Waals surface area contributed by atoms with Crippen molar-refractivity contribution in [2.75, 3.05) is 0 Å². The molecule has 1 aromatic carbocycles. The van der Waals surface area contributed by atoms with Crippen molar-refractivity contribution in [3.63, 3.8) is 0 Å². The van der Waals surface area contributed by atoms with Gasteiger partial charge in [-0.2, -0.15) is 0 Å². The molecular weight excluding hydrogens is 267 g/mol. The first-order valence-corrected chi connectivity index (χ1v) is 5.28. The van der Waals surface area contributed by atoms with E-state index in [1.54, 1.807) is 13.0 Å². The van der Waals surface area contributed by atoms with Crippen molar-refractivity contribution < 1.29 is 9.59 Å². The fraction of sp³-hybridized carbons (Fsp3) is 0.200. The van der Waals surface area contributed by atoms with Crippen molar-refractivity contribution in [3.05, 3.63) is 34.3 Å². The standard InChI is InChI=1S/C10H8BrClO2/c1-6(11)10(14)9-4-8(12)3-2-7(9)5-13/h2-6H,1H3. The average Bonchev–Trinajstić information content (AvgIpc) is 2.16. The van der Waals surface area contributed by atoms with Gasteiger partial charge in [-0.15, -0.1) is 0 Å². The highest BCUT2D eigenvalue weighted by Crippen LogP contribution is 2.18. The Labute approximate surface area is 95.4 Å². The molecule has 0 radical (unpaired) electrons. The molecule has 0 aliphatic carbocycles. The maximum Gasteiger partial charge on any atom is 0.176 e. The molecule has 0 N–H and O–H groups in total. The van der Waals surface area contributed by atoms with E-state index >= 15 is 0 Å². The van der Waals surface area contributed by atoms with Crippen LogP contribution in [0.25, 0.3) is 0 Å². The molecule has 14 heavy (non-hydrogen) atoms. The lowest BCUT2D eigenvalue weighted by molar-refractivity contribution is 0.0989. The van der Waals surface area contributed by atoms with Crippen LogP contribution in [0.15, 0.2) is 18.2 Å². The molecule has 1 aromatic rings. The number of Topliss-reactive ketones (excluding diaryl/α,β-unsaturated/α-hetero) is 1. The fourth-order valence-electron chi connectivity index (χ4n) is 1.06. The van der Waals surface area contributed by atoms with Gasteiger partial charge in [0.15, 0.2) is 12.1 Å². The summed E-state index contributed by atoms with van der Waals surface area (Å²) in [4.78, 5) is 21.9. The summed E-state index contributed by atoms with van der Waals surface area (Å²) in [5.41, 5.74) is 0.725. The second-order valence-corrected chi connectivity index (χ2v) is 4.64. The number of hydrogen-bond acceptors (Lipinski definition) is 2. The largest absolute Gasteiger partial charge is 0.298 e. The van der Waals surface area contributed by atoms with Crippen molar-refractivity contribution in [2.24, 2.45) is 0 Å². The van der Waals surface area contributed by atoms with E-state index in [9.17, 15) is 9.59 Å². The molecule has 4 heteroatoms. The van der Waals surface area contributed by atoms with Crippen molar-refractivity contribution in [1.29, 1.82) is 0 Å². The molecule has 0 saturated heterocycles. The summed E-state index contributed by atoms with van der Waals surface area (Å²) >= 11 is 8.89. The first-order valence-electron chi connectivity index (χ1n) is 3.99. The van der Waals surface area contributed by atoms with Gasteiger partial charge in [0.2, 0.25) is 0 Å². The van der Waals surface area contributed by atoms with E-state index in [4.69, 9.17) is 11.6 Å². The Bertz CT molecular complexity index is 374. The summed E-state index contributed by atoms with van der Waals surface area (Å²) in [7, 11) is 0. The second kappa shape index (κ2) is 4.71. The molecule has 0 fully saturated rings. The van der Waals surface area contributed by atoms with Gasteiger partial charge < -0.3 is 0 Å². The number of carbonyl (C=O) groups is 2. The average molecular weight is 276 g/mol. The number of carbonyl (C=O) groups excluding carboxylic acids is 2. The Kier molecular flexibility index (Phi) is 3.84. The monoisotopic (exact) mass is 274 g/mol. The Morgan fingerprint density at radius 1 is 1.57 bits per heavy atom. The third-order valence-electron chi connectivity index (χ3n) is 1.77. The number of alkyl halides is 1. The number of hydrogen-bond donors (Lipinski definition) is 0. The van der Waals surface area contributed by atoms with Gasteiger partial charge in [0.25, 0.3) is 0 Å². The van der Waals surface area contributed by atoms with Crippen molar-refractivity contribution in [3.8, 4) is 0 Å². The maximum atomic E-state index is 11.6. The quantitative estimate of drug-likeness (QED) is 0.482. The Balaban J connectivity index is 3.23. The zero-order chi connectivity index (χ0) is 10.7. The van der Waals surface area contributed by atoms with E-state index in [1.807, 2.05) is 0 Å². The zero-order valence-electron chi connectivity index (χ0n) is 7.46. The highest BCUT2D eigenvalue weighted by atomic mass is 79.9. The number of halogens is 2. The summed E-state index contributed by atoms with van der Waals surface area (Å²) < 4.78 is 0. The van der Waals surface area contributed by atoms with Crippen LogP contribution in [0.4, 0.5) is 0 Å².